The SMILES string of the molecule is CCC(C)c1ccc(C(O)CN2CCNCC2)cc1. The molecule has 0 aliphatic carbocycles. The fraction of sp³-hybridized carbons (Fsp3) is 0.625. The lowest BCUT2D eigenvalue weighted by atomic mass is 9.96. The molecule has 1 aromatic carbocycles. The number of hydrogen-bond acceptors (Lipinski definition) is 3. The monoisotopic (exact) mass is 262 g/mol. The summed E-state index contributed by atoms with van der Waals surface area (Å²) in [5.41, 5.74) is 2.39. The van der Waals surface area contributed by atoms with E-state index in [-0.39, 0.29) is 6.10 Å². The molecule has 2 unspecified atom stereocenters. The van der Waals surface area contributed by atoms with Crippen molar-refractivity contribution in [2.24, 2.45) is 0 Å². The molecule has 1 aliphatic rings. The molecule has 19 heavy (non-hydrogen) atoms. The predicted octanol–water partition coefficient (Wildman–Crippen LogP) is 2.14. The minimum atomic E-state index is -0.371. The highest BCUT2D eigenvalue weighted by molar-refractivity contribution is 5.26. The van der Waals surface area contributed by atoms with E-state index in [4.69, 9.17) is 0 Å². The van der Waals surface area contributed by atoms with Crippen LogP contribution in [0.25, 0.3) is 0 Å². The molecule has 3 heteroatoms. The molecule has 1 saturated heterocycles. The number of benzene rings is 1. The van der Waals surface area contributed by atoms with Gasteiger partial charge in [0.2, 0.25) is 0 Å². The first kappa shape index (κ1) is 14.5. The molecule has 1 heterocycles. The summed E-state index contributed by atoms with van der Waals surface area (Å²) in [5, 5.41) is 13.6. The molecule has 0 bridgehead atoms. The molecule has 0 amide bonds. The Balaban J connectivity index is 1.93. The van der Waals surface area contributed by atoms with Crippen LogP contribution in [0.4, 0.5) is 0 Å². The van der Waals surface area contributed by atoms with Crippen LogP contribution >= 0.6 is 0 Å². The van der Waals surface area contributed by atoms with Crippen LogP contribution in [-0.4, -0.2) is 42.7 Å². The second-order valence-electron chi connectivity index (χ2n) is 5.54. The van der Waals surface area contributed by atoms with Crippen molar-refractivity contribution in [2.75, 3.05) is 32.7 Å². The summed E-state index contributed by atoms with van der Waals surface area (Å²) in [6.45, 7) is 9.30. The highest BCUT2D eigenvalue weighted by Crippen LogP contribution is 2.21. The summed E-state index contributed by atoms with van der Waals surface area (Å²) in [5.74, 6) is 0.597. The van der Waals surface area contributed by atoms with Gasteiger partial charge in [-0.15, -0.1) is 0 Å². The molecule has 2 N–H and O–H groups in total. The molecule has 0 radical (unpaired) electrons. The van der Waals surface area contributed by atoms with Crippen molar-refractivity contribution in [2.45, 2.75) is 32.3 Å². The number of nitrogens with zero attached hydrogens (tertiary/aromatic N) is 1. The molecule has 2 rings (SSSR count). The fourth-order valence-corrected chi connectivity index (χ4v) is 2.53. The second-order valence-corrected chi connectivity index (χ2v) is 5.54. The lowest BCUT2D eigenvalue weighted by Gasteiger charge is -2.29. The van der Waals surface area contributed by atoms with Crippen molar-refractivity contribution in [3.8, 4) is 0 Å². The van der Waals surface area contributed by atoms with E-state index in [0.717, 1.165) is 44.7 Å². The minimum Gasteiger partial charge on any atom is -0.387 e. The Bertz CT molecular complexity index is 371. The van der Waals surface area contributed by atoms with E-state index < -0.39 is 0 Å². The maximum atomic E-state index is 10.3. The van der Waals surface area contributed by atoms with Crippen molar-refractivity contribution >= 4 is 0 Å². The molecule has 106 valence electrons. The first-order valence-electron chi connectivity index (χ1n) is 7.41. The highest BCUT2D eigenvalue weighted by Gasteiger charge is 2.15. The van der Waals surface area contributed by atoms with Gasteiger partial charge in [-0.3, -0.25) is 4.90 Å². The Morgan fingerprint density at radius 1 is 1.16 bits per heavy atom. The molecular formula is C16H26N2O. The number of piperazine rings is 1. The largest absolute Gasteiger partial charge is 0.387 e. The zero-order valence-corrected chi connectivity index (χ0v) is 12.1. The lowest BCUT2D eigenvalue weighted by Crippen LogP contribution is -2.44. The molecular weight excluding hydrogens is 236 g/mol. The minimum absolute atomic E-state index is 0.371. The van der Waals surface area contributed by atoms with Gasteiger partial charge >= 0.3 is 0 Å². The molecule has 1 aliphatic heterocycles. The van der Waals surface area contributed by atoms with Crippen LogP contribution in [0.5, 0.6) is 0 Å². The van der Waals surface area contributed by atoms with Gasteiger partial charge in [-0.2, -0.15) is 0 Å². The summed E-state index contributed by atoms with van der Waals surface area (Å²) in [6.07, 6.45) is 0.784. The van der Waals surface area contributed by atoms with Crippen LogP contribution < -0.4 is 5.32 Å². The number of hydrogen-bond donors (Lipinski definition) is 2. The number of rotatable bonds is 5. The zero-order valence-electron chi connectivity index (χ0n) is 12.1. The highest BCUT2D eigenvalue weighted by atomic mass is 16.3. The van der Waals surface area contributed by atoms with E-state index in [2.05, 4.69) is 48.3 Å². The smallest absolute Gasteiger partial charge is 0.0916 e. The van der Waals surface area contributed by atoms with Crippen LogP contribution in [0, 0.1) is 0 Å². The summed E-state index contributed by atoms with van der Waals surface area (Å²) < 4.78 is 0. The van der Waals surface area contributed by atoms with Crippen molar-refractivity contribution in [3.05, 3.63) is 35.4 Å². The van der Waals surface area contributed by atoms with Crippen LogP contribution in [0.2, 0.25) is 0 Å². The Morgan fingerprint density at radius 2 is 1.74 bits per heavy atom. The first-order chi connectivity index (χ1) is 9.20. The number of nitrogens with one attached hydrogen (secondary N) is 1. The van der Waals surface area contributed by atoms with Gasteiger partial charge in [-0.05, 0) is 23.5 Å². The molecule has 0 spiro atoms. The van der Waals surface area contributed by atoms with Gasteiger partial charge in [-0.1, -0.05) is 38.1 Å². The number of aliphatic hydroxyl groups is 1. The Hall–Kier alpha value is -0.900. The van der Waals surface area contributed by atoms with E-state index in [9.17, 15) is 5.11 Å². The van der Waals surface area contributed by atoms with Gasteiger partial charge in [0.1, 0.15) is 0 Å². The van der Waals surface area contributed by atoms with Gasteiger partial charge in [-0.25, -0.2) is 0 Å². The van der Waals surface area contributed by atoms with Crippen molar-refractivity contribution in [1.29, 1.82) is 0 Å². The summed E-state index contributed by atoms with van der Waals surface area (Å²) in [6, 6.07) is 8.47. The average molecular weight is 262 g/mol. The zero-order chi connectivity index (χ0) is 13.7. The van der Waals surface area contributed by atoms with Crippen LogP contribution in [0.3, 0.4) is 0 Å². The van der Waals surface area contributed by atoms with Crippen LogP contribution in [-0.2, 0) is 0 Å². The standard InChI is InChI=1S/C16H26N2O/c1-3-13(2)14-4-6-15(7-5-14)16(19)12-18-10-8-17-9-11-18/h4-7,13,16-17,19H,3,8-12H2,1-2H3. The van der Waals surface area contributed by atoms with Crippen molar-refractivity contribution < 1.29 is 5.11 Å². The average Bonchev–Trinajstić information content (AvgIpc) is 2.47. The van der Waals surface area contributed by atoms with Gasteiger partial charge in [0.15, 0.2) is 0 Å². The van der Waals surface area contributed by atoms with Gasteiger partial charge in [0.25, 0.3) is 0 Å². The Kier molecular flexibility index (Phi) is 5.37. The molecule has 2 atom stereocenters. The third-order valence-corrected chi connectivity index (χ3v) is 4.14. The van der Waals surface area contributed by atoms with Gasteiger partial charge in [0, 0.05) is 32.7 Å². The first-order valence-corrected chi connectivity index (χ1v) is 7.41. The quantitative estimate of drug-likeness (QED) is 0.853. The Morgan fingerprint density at radius 3 is 2.32 bits per heavy atom. The molecule has 0 aromatic heterocycles. The van der Waals surface area contributed by atoms with E-state index in [1.54, 1.807) is 0 Å². The number of aliphatic hydroxyl groups excluding tert-OH is 1. The maximum absolute atomic E-state index is 10.3. The predicted molar refractivity (Wildman–Crippen MR) is 79.4 cm³/mol. The second kappa shape index (κ2) is 7.04. The topological polar surface area (TPSA) is 35.5 Å². The normalized spacial score (nSPS) is 20.2. The molecule has 1 aromatic rings. The van der Waals surface area contributed by atoms with E-state index in [1.165, 1.54) is 5.56 Å². The summed E-state index contributed by atoms with van der Waals surface area (Å²) >= 11 is 0. The van der Waals surface area contributed by atoms with Crippen LogP contribution in [0.1, 0.15) is 43.4 Å². The fourth-order valence-electron chi connectivity index (χ4n) is 2.53. The number of β-amino-alcohol motifs (C(OH)–C–C–N with tert-alkyl or cyclic N) is 1. The maximum Gasteiger partial charge on any atom is 0.0916 e. The molecule has 0 saturated carbocycles. The Labute approximate surface area is 116 Å². The van der Waals surface area contributed by atoms with Crippen molar-refractivity contribution in [1.82, 2.24) is 10.2 Å². The van der Waals surface area contributed by atoms with Gasteiger partial charge in [0.05, 0.1) is 6.10 Å². The van der Waals surface area contributed by atoms with E-state index in [0.29, 0.717) is 5.92 Å². The van der Waals surface area contributed by atoms with Crippen molar-refractivity contribution in [3.63, 3.8) is 0 Å². The van der Waals surface area contributed by atoms with E-state index >= 15 is 0 Å². The summed E-state index contributed by atoms with van der Waals surface area (Å²) in [4.78, 5) is 2.32. The third-order valence-electron chi connectivity index (χ3n) is 4.14. The van der Waals surface area contributed by atoms with E-state index in [1.807, 2.05) is 0 Å². The van der Waals surface area contributed by atoms with Gasteiger partial charge < -0.3 is 10.4 Å². The lowest BCUT2D eigenvalue weighted by molar-refractivity contribution is 0.105. The third kappa shape index (κ3) is 4.03. The molecule has 1 fully saturated rings. The summed E-state index contributed by atoms with van der Waals surface area (Å²) in [7, 11) is 0. The van der Waals surface area contributed by atoms with Crippen LogP contribution in [0.15, 0.2) is 24.3 Å². The molecule has 3 nitrogen and oxygen atoms in total.